The number of halogens is 5. The molecule has 1 aliphatic rings. The van der Waals surface area contributed by atoms with E-state index in [9.17, 15) is 26.7 Å². The van der Waals surface area contributed by atoms with Crippen molar-refractivity contribution in [2.75, 3.05) is 18.1 Å². The van der Waals surface area contributed by atoms with E-state index in [1.54, 1.807) is 4.90 Å². The van der Waals surface area contributed by atoms with E-state index in [1.807, 2.05) is 0 Å². The van der Waals surface area contributed by atoms with Crippen LogP contribution in [-0.2, 0) is 10.9 Å². The van der Waals surface area contributed by atoms with Gasteiger partial charge in [0.25, 0.3) is 0 Å². The van der Waals surface area contributed by atoms with E-state index in [4.69, 9.17) is 14.6 Å². The highest BCUT2D eigenvalue weighted by molar-refractivity contribution is 5.87. The number of hydrogen-bond acceptors (Lipinski definition) is 5. The molecule has 1 aromatic heterocycles. The molecule has 2 atom stereocenters. The summed E-state index contributed by atoms with van der Waals surface area (Å²) in [4.78, 5) is 16.8. The Morgan fingerprint density at radius 3 is 2.38 bits per heavy atom. The van der Waals surface area contributed by atoms with Crippen molar-refractivity contribution >= 4 is 11.8 Å². The van der Waals surface area contributed by atoms with Gasteiger partial charge in [-0.05, 0) is 36.4 Å². The van der Waals surface area contributed by atoms with Gasteiger partial charge in [-0.15, -0.1) is 0 Å². The summed E-state index contributed by atoms with van der Waals surface area (Å²) in [6, 6.07) is 6.43. The minimum atomic E-state index is -4.47. The Kier molecular flexibility index (Phi) is 6.87. The fourth-order valence-electron chi connectivity index (χ4n) is 3.32. The van der Waals surface area contributed by atoms with Gasteiger partial charge < -0.3 is 19.5 Å². The molecule has 3 rings (SSSR count). The smallest absolute Gasteiger partial charge is 0.416 e. The first kappa shape index (κ1) is 23.7. The van der Waals surface area contributed by atoms with E-state index in [1.165, 1.54) is 31.2 Å². The number of carboxylic acid groups (broad SMARTS) is 1. The molecule has 1 fully saturated rings. The number of pyridine rings is 1. The van der Waals surface area contributed by atoms with Crippen molar-refractivity contribution in [3.8, 4) is 5.75 Å². The number of aromatic carboxylic acids is 1. The van der Waals surface area contributed by atoms with Crippen molar-refractivity contribution in [2.45, 2.75) is 44.2 Å². The lowest BCUT2D eigenvalue weighted by atomic mass is 10.2. The van der Waals surface area contributed by atoms with Crippen LogP contribution >= 0.6 is 0 Å². The first-order valence-corrected chi connectivity index (χ1v) is 9.80. The predicted octanol–water partition coefficient (Wildman–Crippen LogP) is 4.84. The van der Waals surface area contributed by atoms with E-state index in [0.717, 1.165) is 18.3 Å². The van der Waals surface area contributed by atoms with Gasteiger partial charge in [0.1, 0.15) is 17.7 Å². The topological polar surface area (TPSA) is 71.9 Å². The Bertz CT molecular complexity index is 919. The SMILES string of the molecule is CCC(F)(F)OC[C@@H]1C[C@H](Oc2ccc(C(F)(F)F)cc2)CN1c1ccc(C(=O)O)cn1. The average Bonchev–Trinajstić information content (AvgIpc) is 3.15. The van der Waals surface area contributed by atoms with Crippen molar-refractivity contribution in [1.82, 2.24) is 4.98 Å². The summed E-state index contributed by atoms with van der Waals surface area (Å²) >= 11 is 0. The molecule has 6 nitrogen and oxygen atoms in total. The normalized spacial score (nSPS) is 19.2. The fraction of sp³-hybridized carbons (Fsp3) is 0.429. The second-order valence-electron chi connectivity index (χ2n) is 7.32. The van der Waals surface area contributed by atoms with E-state index < -0.39 is 42.4 Å². The average molecular weight is 460 g/mol. The lowest BCUT2D eigenvalue weighted by molar-refractivity contribution is -0.241. The van der Waals surface area contributed by atoms with Crippen LogP contribution in [0.15, 0.2) is 42.6 Å². The number of anilines is 1. The molecular formula is C21H21F5N2O4. The zero-order valence-corrected chi connectivity index (χ0v) is 17.0. The molecule has 0 amide bonds. The van der Waals surface area contributed by atoms with Gasteiger partial charge in [-0.2, -0.15) is 22.0 Å². The Morgan fingerprint density at radius 1 is 1.16 bits per heavy atom. The van der Waals surface area contributed by atoms with Crippen LogP contribution in [0.25, 0.3) is 0 Å². The molecule has 11 heteroatoms. The van der Waals surface area contributed by atoms with Crippen molar-refractivity contribution in [3.63, 3.8) is 0 Å². The Hall–Kier alpha value is -2.95. The van der Waals surface area contributed by atoms with Crippen LogP contribution in [0.1, 0.15) is 35.7 Å². The summed E-state index contributed by atoms with van der Waals surface area (Å²) in [5.74, 6) is -0.601. The van der Waals surface area contributed by atoms with Crippen molar-refractivity contribution in [2.24, 2.45) is 0 Å². The number of carboxylic acids is 1. The Balaban J connectivity index is 1.75. The van der Waals surface area contributed by atoms with E-state index in [-0.39, 0.29) is 30.9 Å². The van der Waals surface area contributed by atoms with Gasteiger partial charge in [0.15, 0.2) is 0 Å². The summed E-state index contributed by atoms with van der Waals surface area (Å²) in [5, 5.41) is 9.02. The summed E-state index contributed by atoms with van der Waals surface area (Å²) in [5.41, 5.74) is -0.843. The van der Waals surface area contributed by atoms with E-state index >= 15 is 0 Å². The van der Waals surface area contributed by atoms with Gasteiger partial charge in [-0.25, -0.2) is 9.78 Å². The van der Waals surface area contributed by atoms with Crippen LogP contribution < -0.4 is 9.64 Å². The summed E-state index contributed by atoms with van der Waals surface area (Å²) in [6.45, 7) is 1.15. The molecule has 0 spiro atoms. The number of nitrogens with zero attached hydrogens (tertiary/aromatic N) is 2. The third-order valence-electron chi connectivity index (χ3n) is 5.05. The molecule has 32 heavy (non-hydrogen) atoms. The first-order chi connectivity index (χ1) is 15.0. The Labute approximate surface area is 180 Å². The van der Waals surface area contributed by atoms with Gasteiger partial charge in [-0.3, -0.25) is 0 Å². The molecule has 0 aliphatic carbocycles. The molecule has 1 aliphatic heterocycles. The van der Waals surface area contributed by atoms with Crippen molar-refractivity contribution in [3.05, 3.63) is 53.7 Å². The standard InChI is InChI=1S/C21H21F5N2O4/c1-2-20(22,23)31-12-15-9-17(32-16-6-4-14(5-7-16)21(24,25)26)11-28(15)18-8-3-13(10-27-18)19(29)30/h3-8,10,15,17H,2,9,11-12H2,1H3,(H,29,30)/t15-,17-/m0/s1. The number of aromatic nitrogens is 1. The van der Waals surface area contributed by atoms with E-state index in [2.05, 4.69) is 4.98 Å². The molecular weight excluding hydrogens is 439 g/mol. The zero-order chi connectivity index (χ0) is 23.5. The van der Waals surface area contributed by atoms with Crippen LogP contribution in [0.4, 0.5) is 27.8 Å². The number of ether oxygens (including phenoxy) is 2. The molecule has 1 saturated heterocycles. The summed E-state index contributed by atoms with van der Waals surface area (Å²) < 4.78 is 76.0. The third kappa shape index (κ3) is 5.84. The number of benzene rings is 1. The monoisotopic (exact) mass is 460 g/mol. The summed E-state index contributed by atoms with van der Waals surface area (Å²) in [6.07, 6.45) is -7.40. The van der Waals surface area contributed by atoms with Gasteiger partial charge in [0.05, 0.1) is 30.3 Å². The van der Waals surface area contributed by atoms with Crippen LogP contribution in [-0.4, -0.2) is 47.5 Å². The van der Waals surface area contributed by atoms with Crippen molar-refractivity contribution in [1.29, 1.82) is 0 Å². The molecule has 174 valence electrons. The van der Waals surface area contributed by atoms with Crippen LogP contribution in [0.3, 0.4) is 0 Å². The lowest BCUT2D eigenvalue weighted by Gasteiger charge is -2.26. The van der Waals surface area contributed by atoms with Crippen LogP contribution in [0.2, 0.25) is 0 Å². The third-order valence-corrected chi connectivity index (χ3v) is 5.05. The minimum absolute atomic E-state index is 0.0317. The number of hydrogen-bond donors (Lipinski definition) is 1. The maximum atomic E-state index is 13.6. The van der Waals surface area contributed by atoms with Crippen LogP contribution in [0.5, 0.6) is 5.75 Å². The van der Waals surface area contributed by atoms with Gasteiger partial charge in [0.2, 0.25) is 0 Å². The Morgan fingerprint density at radius 2 is 1.84 bits per heavy atom. The quantitative estimate of drug-likeness (QED) is 0.569. The van der Waals surface area contributed by atoms with Crippen LogP contribution in [0, 0.1) is 0 Å². The van der Waals surface area contributed by atoms with Gasteiger partial charge in [-0.1, -0.05) is 6.92 Å². The molecule has 2 aromatic rings. The maximum Gasteiger partial charge on any atom is 0.416 e. The molecule has 0 radical (unpaired) electrons. The highest BCUT2D eigenvalue weighted by Crippen LogP contribution is 2.32. The summed E-state index contributed by atoms with van der Waals surface area (Å²) in [7, 11) is 0. The maximum absolute atomic E-state index is 13.6. The van der Waals surface area contributed by atoms with Crippen molar-refractivity contribution < 1.29 is 41.3 Å². The fourth-order valence-corrected chi connectivity index (χ4v) is 3.32. The first-order valence-electron chi connectivity index (χ1n) is 9.80. The molecule has 0 unspecified atom stereocenters. The lowest BCUT2D eigenvalue weighted by Crippen LogP contribution is -2.36. The highest BCUT2D eigenvalue weighted by Gasteiger charge is 2.38. The number of rotatable bonds is 8. The molecule has 0 bridgehead atoms. The largest absolute Gasteiger partial charge is 0.489 e. The number of carbonyl (C=O) groups is 1. The molecule has 0 saturated carbocycles. The minimum Gasteiger partial charge on any atom is -0.489 e. The van der Waals surface area contributed by atoms with Gasteiger partial charge in [0, 0.05) is 19.0 Å². The second-order valence-corrected chi connectivity index (χ2v) is 7.32. The predicted molar refractivity (Wildman–Crippen MR) is 104 cm³/mol. The molecule has 1 aromatic carbocycles. The molecule has 1 N–H and O–H groups in total. The second kappa shape index (κ2) is 9.27. The zero-order valence-electron chi connectivity index (χ0n) is 17.0. The highest BCUT2D eigenvalue weighted by atomic mass is 19.4. The number of alkyl halides is 5. The van der Waals surface area contributed by atoms with E-state index in [0.29, 0.717) is 5.82 Å². The molecule has 2 heterocycles. The van der Waals surface area contributed by atoms with Gasteiger partial charge >= 0.3 is 18.3 Å².